The van der Waals surface area contributed by atoms with Crippen LogP contribution in [0.15, 0.2) is 42.6 Å². The van der Waals surface area contributed by atoms with E-state index in [1.165, 1.54) is 0 Å². The van der Waals surface area contributed by atoms with E-state index in [1.807, 2.05) is 36.4 Å². The minimum atomic E-state index is 0.230. The van der Waals surface area contributed by atoms with Crippen molar-refractivity contribution >= 4 is 39.9 Å². The van der Waals surface area contributed by atoms with Gasteiger partial charge in [-0.2, -0.15) is 0 Å². The lowest BCUT2D eigenvalue weighted by atomic mass is 10.1. The van der Waals surface area contributed by atoms with Crippen LogP contribution >= 0.6 is 23.2 Å². The Hall–Kier alpha value is -1.84. The van der Waals surface area contributed by atoms with Crippen LogP contribution in [0.4, 0.5) is 5.82 Å². The second-order valence-corrected chi connectivity index (χ2v) is 4.82. The van der Waals surface area contributed by atoms with Crippen LogP contribution in [-0.4, -0.2) is 9.97 Å². The molecule has 2 N–H and O–H groups in total. The number of fused-ring (bicyclic) bond motifs is 1. The first kappa shape index (κ1) is 12.2. The SMILES string of the molecule is Nc1nc2c(Cl)c(Cl)ncc2cc1-c1ccccc1. The summed E-state index contributed by atoms with van der Waals surface area (Å²) in [5.74, 6) is 0.419. The number of nitrogen functional groups attached to an aromatic ring is 1. The number of aromatic nitrogens is 2. The minimum Gasteiger partial charge on any atom is -0.383 e. The lowest BCUT2D eigenvalue weighted by molar-refractivity contribution is 1.33. The third-order valence-corrected chi connectivity index (χ3v) is 3.61. The van der Waals surface area contributed by atoms with E-state index in [-0.39, 0.29) is 5.15 Å². The molecule has 3 aromatic rings. The van der Waals surface area contributed by atoms with Gasteiger partial charge in [0.1, 0.15) is 16.0 Å². The molecule has 0 saturated carbocycles. The molecule has 0 aliphatic heterocycles. The number of nitrogens with two attached hydrogens (primary N) is 1. The average Bonchev–Trinajstić information content (AvgIpc) is 2.44. The average molecular weight is 290 g/mol. The van der Waals surface area contributed by atoms with Crippen molar-refractivity contribution in [2.75, 3.05) is 5.73 Å². The van der Waals surface area contributed by atoms with Crippen LogP contribution in [0.25, 0.3) is 22.0 Å². The van der Waals surface area contributed by atoms with E-state index < -0.39 is 0 Å². The molecule has 0 fully saturated rings. The molecule has 94 valence electrons. The van der Waals surface area contributed by atoms with Gasteiger partial charge in [0.25, 0.3) is 0 Å². The molecule has 2 aromatic heterocycles. The van der Waals surface area contributed by atoms with Crippen LogP contribution in [0.1, 0.15) is 0 Å². The summed E-state index contributed by atoms with van der Waals surface area (Å²) in [6.45, 7) is 0. The summed E-state index contributed by atoms with van der Waals surface area (Å²) >= 11 is 12.0. The quantitative estimate of drug-likeness (QED) is 0.684. The maximum Gasteiger partial charge on any atom is 0.149 e. The summed E-state index contributed by atoms with van der Waals surface area (Å²) in [5, 5.41) is 1.36. The Morgan fingerprint density at radius 1 is 1.05 bits per heavy atom. The van der Waals surface area contributed by atoms with E-state index in [0.717, 1.165) is 16.5 Å². The van der Waals surface area contributed by atoms with Crippen LogP contribution in [0.3, 0.4) is 0 Å². The summed E-state index contributed by atoms with van der Waals surface area (Å²) < 4.78 is 0. The van der Waals surface area contributed by atoms with E-state index >= 15 is 0 Å². The van der Waals surface area contributed by atoms with E-state index in [4.69, 9.17) is 28.9 Å². The molecule has 0 radical (unpaired) electrons. The fourth-order valence-corrected chi connectivity index (χ4v) is 2.29. The normalized spacial score (nSPS) is 10.8. The molecule has 0 spiro atoms. The number of anilines is 1. The predicted octanol–water partition coefficient (Wildman–Crippen LogP) is 4.19. The largest absolute Gasteiger partial charge is 0.383 e. The number of benzene rings is 1. The van der Waals surface area contributed by atoms with Crippen LogP contribution in [0.5, 0.6) is 0 Å². The van der Waals surface area contributed by atoms with Crippen LogP contribution in [0, 0.1) is 0 Å². The molecule has 1 aromatic carbocycles. The first-order chi connectivity index (χ1) is 9.16. The lowest BCUT2D eigenvalue weighted by Crippen LogP contribution is -1.96. The molecule has 3 rings (SSSR count). The molecule has 0 saturated heterocycles. The summed E-state index contributed by atoms with van der Waals surface area (Å²) in [4.78, 5) is 8.36. The van der Waals surface area contributed by atoms with Crippen LogP contribution in [0.2, 0.25) is 10.2 Å². The zero-order chi connectivity index (χ0) is 13.4. The number of rotatable bonds is 1. The Balaban J connectivity index is 2.30. The second kappa shape index (κ2) is 4.68. The molecule has 3 nitrogen and oxygen atoms in total. The minimum absolute atomic E-state index is 0.230. The fraction of sp³-hybridized carbons (Fsp3) is 0. The highest BCUT2D eigenvalue weighted by Crippen LogP contribution is 2.32. The monoisotopic (exact) mass is 289 g/mol. The maximum absolute atomic E-state index is 6.08. The predicted molar refractivity (Wildman–Crippen MR) is 79.4 cm³/mol. The van der Waals surface area contributed by atoms with Crippen molar-refractivity contribution in [2.45, 2.75) is 0 Å². The maximum atomic E-state index is 6.08. The highest BCUT2D eigenvalue weighted by atomic mass is 35.5. The van der Waals surface area contributed by atoms with E-state index in [1.54, 1.807) is 6.20 Å². The number of pyridine rings is 2. The zero-order valence-corrected chi connectivity index (χ0v) is 11.3. The molecule has 0 aliphatic rings. The van der Waals surface area contributed by atoms with Gasteiger partial charge in [-0.05, 0) is 11.6 Å². The Labute approximate surface area is 120 Å². The molecule has 0 unspecified atom stereocenters. The van der Waals surface area contributed by atoms with Gasteiger partial charge in [0, 0.05) is 17.1 Å². The summed E-state index contributed by atoms with van der Waals surface area (Å²) in [6, 6.07) is 11.7. The van der Waals surface area contributed by atoms with Gasteiger partial charge in [0.05, 0.1) is 5.52 Å². The van der Waals surface area contributed by atoms with Crippen molar-refractivity contribution in [3.05, 3.63) is 52.8 Å². The first-order valence-electron chi connectivity index (χ1n) is 5.62. The Bertz CT molecular complexity index is 757. The number of halogens is 2. The van der Waals surface area contributed by atoms with Gasteiger partial charge < -0.3 is 5.73 Å². The zero-order valence-electron chi connectivity index (χ0n) is 9.77. The third kappa shape index (κ3) is 2.11. The topological polar surface area (TPSA) is 51.8 Å². The van der Waals surface area contributed by atoms with Crippen molar-refractivity contribution < 1.29 is 0 Å². The van der Waals surface area contributed by atoms with Gasteiger partial charge in [0.2, 0.25) is 0 Å². The van der Waals surface area contributed by atoms with Gasteiger partial charge >= 0.3 is 0 Å². The summed E-state index contributed by atoms with van der Waals surface area (Å²) in [5.41, 5.74) is 8.43. The summed E-state index contributed by atoms with van der Waals surface area (Å²) in [6.07, 6.45) is 1.64. The van der Waals surface area contributed by atoms with Gasteiger partial charge in [-0.15, -0.1) is 0 Å². The van der Waals surface area contributed by atoms with Crippen LogP contribution < -0.4 is 5.73 Å². The lowest BCUT2D eigenvalue weighted by Gasteiger charge is -2.08. The van der Waals surface area contributed by atoms with Crippen molar-refractivity contribution in [1.29, 1.82) is 0 Å². The molecule has 0 atom stereocenters. The number of nitrogens with zero attached hydrogens (tertiary/aromatic N) is 2. The van der Waals surface area contributed by atoms with Crippen molar-refractivity contribution in [1.82, 2.24) is 9.97 Å². The van der Waals surface area contributed by atoms with Gasteiger partial charge in [-0.1, -0.05) is 53.5 Å². The number of hydrogen-bond donors (Lipinski definition) is 1. The molecule has 0 amide bonds. The van der Waals surface area contributed by atoms with Gasteiger partial charge in [0.15, 0.2) is 0 Å². The van der Waals surface area contributed by atoms with Crippen LogP contribution in [-0.2, 0) is 0 Å². The molecule has 0 aliphatic carbocycles. The van der Waals surface area contributed by atoms with Crippen molar-refractivity contribution in [3.63, 3.8) is 0 Å². The van der Waals surface area contributed by atoms with E-state index in [0.29, 0.717) is 16.4 Å². The number of hydrogen-bond acceptors (Lipinski definition) is 3. The van der Waals surface area contributed by atoms with E-state index in [9.17, 15) is 0 Å². The van der Waals surface area contributed by atoms with Crippen molar-refractivity contribution in [3.8, 4) is 11.1 Å². The van der Waals surface area contributed by atoms with Gasteiger partial charge in [-0.3, -0.25) is 0 Å². The first-order valence-corrected chi connectivity index (χ1v) is 6.38. The highest BCUT2D eigenvalue weighted by molar-refractivity contribution is 6.44. The molecule has 0 bridgehead atoms. The Morgan fingerprint density at radius 2 is 1.79 bits per heavy atom. The summed E-state index contributed by atoms with van der Waals surface area (Å²) in [7, 11) is 0. The third-order valence-electron chi connectivity index (χ3n) is 2.87. The fourth-order valence-electron chi connectivity index (χ4n) is 1.95. The molecular weight excluding hydrogens is 281 g/mol. The Kier molecular flexibility index (Phi) is 3.01. The molecule has 2 heterocycles. The standard InChI is InChI=1S/C14H9Cl2N3/c15-11-12-9(7-18-13(11)16)6-10(14(17)19-12)8-4-2-1-3-5-8/h1-7H,(H2,17,19). The molecule has 5 heteroatoms. The molecule has 19 heavy (non-hydrogen) atoms. The van der Waals surface area contributed by atoms with Gasteiger partial charge in [-0.25, -0.2) is 9.97 Å². The smallest absolute Gasteiger partial charge is 0.149 e. The Morgan fingerprint density at radius 3 is 2.53 bits per heavy atom. The van der Waals surface area contributed by atoms with E-state index in [2.05, 4.69) is 9.97 Å². The van der Waals surface area contributed by atoms with Crippen molar-refractivity contribution in [2.24, 2.45) is 0 Å². The highest BCUT2D eigenvalue weighted by Gasteiger charge is 2.11. The molecular formula is C14H9Cl2N3. The second-order valence-electron chi connectivity index (χ2n) is 4.09.